The SMILES string of the molecule is CCOc1cccc(NC(CN(C)C)C(C)C)c1N. The molecule has 3 N–H and O–H groups in total. The average molecular weight is 265 g/mol. The second kappa shape index (κ2) is 7.24. The quantitative estimate of drug-likeness (QED) is 0.744. The molecule has 0 saturated heterocycles. The highest BCUT2D eigenvalue weighted by atomic mass is 16.5. The molecule has 4 nitrogen and oxygen atoms in total. The maximum absolute atomic E-state index is 6.15. The zero-order valence-electron chi connectivity index (χ0n) is 12.7. The lowest BCUT2D eigenvalue weighted by atomic mass is 10.0. The van der Waals surface area contributed by atoms with Crippen molar-refractivity contribution in [3.8, 4) is 5.75 Å². The largest absolute Gasteiger partial charge is 0.492 e. The highest BCUT2D eigenvalue weighted by molar-refractivity contribution is 5.73. The molecule has 0 saturated carbocycles. The molecule has 0 fully saturated rings. The fourth-order valence-corrected chi connectivity index (χ4v) is 1.97. The maximum atomic E-state index is 6.15. The van der Waals surface area contributed by atoms with Gasteiger partial charge in [-0.1, -0.05) is 19.9 Å². The Morgan fingerprint density at radius 1 is 1.32 bits per heavy atom. The molecular weight excluding hydrogens is 238 g/mol. The summed E-state index contributed by atoms with van der Waals surface area (Å²) in [5, 5.41) is 3.53. The fourth-order valence-electron chi connectivity index (χ4n) is 1.97. The molecule has 1 atom stereocenters. The van der Waals surface area contributed by atoms with Crippen molar-refractivity contribution in [2.24, 2.45) is 5.92 Å². The van der Waals surface area contributed by atoms with Crippen LogP contribution < -0.4 is 15.8 Å². The number of hydrogen-bond donors (Lipinski definition) is 2. The second-order valence-electron chi connectivity index (χ2n) is 5.41. The summed E-state index contributed by atoms with van der Waals surface area (Å²) in [6, 6.07) is 6.23. The first-order chi connectivity index (χ1) is 8.95. The third-order valence-corrected chi connectivity index (χ3v) is 3.07. The molecule has 0 amide bonds. The van der Waals surface area contributed by atoms with Crippen LogP contribution in [-0.4, -0.2) is 38.2 Å². The van der Waals surface area contributed by atoms with E-state index >= 15 is 0 Å². The first kappa shape index (κ1) is 15.6. The van der Waals surface area contributed by atoms with Crippen molar-refractivity contribution in [1.29, 1.82) is 0 Å². The van der Waals surface area contributed by atoms with Gasteiger partial charge in [0.25, 0.3) is 0 Å². The van der Waals surface area contributed by atoms with Gasteiger partial charge in [-0.3, -0.25) is 0 Å². The molecule has 1 rings (SSSR count). The molecule has 0 radical (unpaired) electrons. The smallest absolute Gasteiger partial charge is 0.144 e. The Kier molecular flexibility index (Phi) is 5.96. The molecule has 0 aliphatic heterocycles. The summed E-state index contributed by atoms with van der Waals surface area (Å²) in [7, 11) is 4.16. The molecule has 108 valence electrons. The van der Waals surface area contributed by atoms with Crippen LogP contribution in [0.3, 0.4) is 0 Å². The molecule has 0 aliphatic carbocycles. The van der Waals surface area contributed by atoms with Crippen molar-refractivity contribution in [2.45, 2.75) is 26.8 Å². The molecule has 1 aromatic rings. The van der Waals surface area contributed by atoms with Gasteiger partial charge in [0.15, 0.2) is 0 Å². The first-order valence-corrected chi connectivity index (χ1v) is 6.88. The molecule has 0 heterocycles. The van der Waals surface area contributed by atoms with Gasteiger partial charge in [-0.15, -0.1) is 0 Å². The Balaban J connectivity index is 2.87. The summed E-state index contributed by atoms with van der Waals surface area (Å²) in [5.41, 5.74) is 7.79. The van der Waals surface area contributed by atoms with Gasteiger partial charge in [0.1, 0.15) is 5.75 Å². The van der Waals surface area contributed by atoms with Crippen LogP contribution in [0.4, 0.5) is 11.4 Å². The van der Waals surface area contributed by atoms with Crippen molar-refractivity contribution in [3.63, 3.8) is 0 Å². The molecule has 1 unspecified atom stereocenters. The van der Waals surface area contributed by atoms with Crippen LogP contribution in [0.1, 0.15) is 20.8 Å². The van der Waals surface area contributed by atoms with E-state index in [2.05, 4.69) is 38.2 Å². The number of nitrogens with two attached hydrogens (primary N) is 1. The van der Waals surface area contributed by atoms with Crippen LogP contribution in [0.15, 0.2) is 18.2 Å². The Bertz CT molecular complexity index is 391. The predicted molar refractivity (Wildman–Crippen MR) is 82.8 cm³/mol. The first-order valence-electron chi connectivity index (χ1n) is 6.88. The lowest BCUT2D eigenvalue weighted by molar-refractivity contribution is 0.340. The zero-order valence-corrected chi connectivity index (χ0v) is 12.7. The lowest BCUT2D eigenvalue weighted by Gasteiger charge is -2.27. The van der Waals surface area contributed by atoms with E-state index < -0.39 is 0 Å². The number of ether oxygens (including phenoxy) is 1. The Morgan fingerprint density at radius 2 is 2.00 bits per heavy atom. The van der Waals surface area contributed by atoms with Gasteiger partial charge in [0.2, 0.25) is 0 Å². The van der Waals surface area contributed by atoms with Crippen LogP contribution in [0, 0.1) is 5.92 Å². The van der Waals surface area contributed by atoms with Crippen molar-refractivity contribution in [3.05, 3.63) is 18.2 Å². The predicted octanol–water partition coefficient (Wildman–Crippen LogP) is 2.67. The van der Waals surface area contributed by atoms with Crippen molar-refractivity contribution in [1.82, 2.24) is 4.90 Å². The van der Waals surface area contributed by atoms with E-state index in [0.717, 1.165) is 18.0 Å². The van der Waals surface area contributed by atoms with Crippen LogP contribution in [0.25, 0.3) is 0 Å². The van der Waals surface area contributed by atoms with Gasteiger partial charge < -0.3 is 20.7 Å². The molecular formula is C15H27N3O. The number of nitrogen functional groups attached to an aromatic ring is 1. The normalized spacial score (nSPS) is 12.8. The van der Waals surface area contributed by atoms with E-state index in [1.807, 2.05) is 25.1 Å². The van der Waals surface area contributed by atoms with Crippen LogP contribution in [0.5, 0.6) is 5.75 Å². The lowest BCUT2D eigenvalue weighted by Crippen LogP contribution is -2.36. The van der Waals surface area contributed by atoms with E-state index in [1.165, 1.54) is 0 Å². The molecule has 19 heavy (non-hydrogen) atoms. The highest BCUT2D eigenvalue weighted by Gasteiger charge is 2.16. The third kappa shape index (κ3) is 4.63. The van der Waals surface area contributed by atoms with E-state index in [0.29, 0.717) is 24.3 Å². The van der Waals surface area contributed by atoms with Crippen molar-refractivity contribution in [2.75, 3.05) is 38.3 Å². The molecule has 0 aliphatic rings. The number of hydrogen-bond acceptors (Lipinski definition) is 4. The third-order valence-electron chi connectivity index (χ3n) is 3.07. The average Bonchev–Trinajstić information content (AvgIpc) is 2.32. The Morgan fingerprint density at radius 3 is 2.53 bits per heavy atom. The van der Waals surface area contributed by atoms with Gasteiger partial charge in [0, 0.05) is 12.6 Å². The number of para-hydroxylation sites is 1. The minimum atomic E-state index is 0.356. The number of nitrogens with one attached hydrogen (secondary N) is 1. The van der Waals surface area contributed by atoms with Gasteiger partial charge in [-0.25, -0.2) is 0 Å². The minimum absolute atomic E-state index is 0.356. The summed E-state index contributed by atoms with van der Waals surface area (Å²) in [4.78, 5) is 2.18. The monoisotopic (exact) mass is 265 g/mol. The fraction of sp³-hybridized carbons (Fsp3) is 0.600. The molecule has 0 spiro atoms. The maximum Gasteiger partial charge on any atom is 0.144 e. The summed E-state index contributed by atoms with van der Waals surface area (Å²) < 4.78 is 5.53. The van der Waals surface area contributed by atoms with Crippen molar-refractivity contribution >= 4 is 11.4 Å². The second-order valence-corrected chi connectivity index (χ2v) is 5.41. The van der Waals surface area contributed by atoms with Gasteiger partial charge in [0.05, 0.1) is 18.0 Å². The molecule has 0 aromatic heterocycles. The number of benzene rings is 1. The summed E-state index contributed by atoms with van der Waals surface area (Å²) in [5.74, 6) is 1.28. The zero-order chi connectivity index (χ0) is 14.4. The highest BCUT2D eigenvalue weighted by Crippen LogP contribution is 2.30. The van der Waals surface area contributed by atoms with Crippen LogP contribution in [-0.2, 0) is 0 Å². The van der Waals surface area contributed by atoms with Gasteiger partial charge in [-0.2, -0.15) is 0 Å². The van der Waals surface area contributed by atoms with Gasteiger partial charge in [-0.05, 0) is 39.1 Å². The van der Waals surface area contributed by atoms with Crippen molar-refractivity contribution < 1.29 is 4.74 Å². The topological polar surface area (TPSA) is 50.5 Å². The standard InChI is InChI=1S/C15H27N3O/c1-6-19-14-9-7-8-12(15(14)16)17-13(11(2)3)10-18(4)5/h7-9,11,13,17H,6,10,16H2,1-5H3. The summed E-state index contributed by atoms with van der Waals surface area (Å²) >= 11 is 0. The van der Waals surface area contributed by atoms with E-state index in [-0.39, 0.29) is 0 Å². The number of anilines is 2. The molecule has 0 bridgehead atoms. The number of likely N-dealkylation sites (N-methyl/N-ethyl adjacent to an activating group) is 1. The van der Waals surface area contributed by atoms with Crippen LogP contribution in [0.2, 0.25) is 0 Å². The summed E-state index contributed by atoms with van der Waals surface area (Å²) in [6.07, 6.45) is 0. The molecule has 4 heteroatoms. The Hall–Kier alpha value is -1.42. The van der Waals surface area contributed by atoms with Gasteiger partial charge >= 0.3 is 0 Å². The summed E-state index contributed by atoms with van der Waals surface area (Å²) in [6.45, 7) is 7.98. The van der Waals surface area contributed by atoms with Crippen LogP contribution >= 0.6 is 0 Å². The molecule has 1 aromatic carbocycles. The van der Waals surface area contributed by atoms with E-state index in [9.17, 15) is 0 Å². The Labute approximate surface area is 116 Å². The minimum Gasteiger partial charge on any atom is -0.492 e. The van der Waals surface area contributed by atoms with E-state index in [1.54, 1.807) is 0 Å². The number of nitrogens with zero attached hydrogens (tertiary/aromatic N) is 1. The van der Waals surface area contributed by atoms with E-state index in [4.69, 9.17) is 10.5 Å². The number of rotatable bonds is 7.